The van der Waals surface area contributed by atoms with E-state index >= 15 is 0 Å². The maximum Gasteiger partial charge on any atom is 0.123 e. The van der Waals surface area contributed by atoms with Crippen LogP contribution in [0.15, 0.2) is 24.3 Å². The summed E-state index contributed by atoms with van der Waals surface area (Å²) in [6, 6.07) is 6.80. The van der Waals surface area contributed by atoms with E-state index in [4.69, 9.17) is 5.41 Å². The molecule has 1 aliphatic heterocycles. The molecule has 1 N–H and O–H groups in total. The van der Waals surface area contributed by atoms with Crippen molar-refractivity contribution in [3.63, 3.8) is 0 Å². The Hall–Kier alpha value is -1.22. The van der Waals surface area contributed by atoms with Crippen molar-refractivity contribution in [1.29, 1.82) is 5.41 Å². The van der Waals surface area contributed by atoms with E-state index in [0.717, 1.165) is 38.0 Å². The number of likely N-dealkylation sites (tertiary alicyclic amines) is 1. The average Bonchev–Trinajstić information content (AvgIpc) is 2.81. The second kappa shape index (κ2) is 6.69. The summed E-state index contributed by atoms with van der Waals surface area (Å²) in [5.41, 5.74) is 1.36. The van der Waals surface area contributed by atoms with E-state index in [9.17, 15) is 4.39 Å². The molecular formula is C18H27FN2. The minimum atomic E-state index is -0.175. The molecule has 0 saturated carbocycles. The number of hydrogen-bond acceptors (Lipinski definition) is 2. The van der Waals surface area contributed by atoms with Gasteiger partial charge in [-0.2, -0.15) is 0 Å². The van der Waals surface area contributed by atoms with Gasteiger partial charge < -0.3 is 5.41 Å². The molecule has 1 aromatic rings. The summed E-state index contributed by atoms with van der Waals surface area (Å²) in [6.07, 6.45) is 3.88. The van der Waals surface area contributed by atoms with Crippen molar-refractivity contribution < 1.29 is 4.39 Å². The van der Waals surface area contributed by atoms with Crippen LogP contribution in [0.25, 0.3) is 0 Å². The van der Waals surface area contributed by atoms with Gasteiger partial charge in [-0.3, -0.25) is 4.90 Å². The Balaban J connectivity index is 1.98. The van der Waals surface area contributed by atoms with Crippen molar-refractivity contribution >= 4 is 6.21 Å². The zero-order valence-corrected chi connectivity index (χ0v) is 13.4. The quantitative estimate of drug-likeness (QED) is 0.775. The molecule has 0 spiro atoms. The van der Waals surface area contributed by atoms with Crippen LogP contribution in [0.3, 0.4) is 0 Å². The van der Waals surface area contributed by atoms with Gasteiger partial charge in [-0.25, -0.2) is 4.39 Å². The van der Waals surface area contributed by atoms with E-state index in [-0.39, 0.29) is 11.2 Å². The van der Waals surface area contributed by atoms with Gasteiger partial charge in [-0.1, -0.05) is 32.9 Å². The molecule has 1 aromatic carbocycles. The lowest BCUT2D eigenvalue weighted by Gasteiger charge is -2.33. The molecule has 0 bridgehead atoms. The molecule has 1 aliphatic rings. The molecule has 1 unspecified atom stereocenters. The lowest BCUT2D eigenvalue weighted by molar-refractivity contribution is 0.207. The minimum Gasteiger partial charge on any atom is -0.313 e. The fourth-order valence-electron chi connectivity index (χ4n) is 3.43. The standard InChI is InChI=1S/C18H27FN2/c1-14(2)10-16(11-20)18(3)8-9-21(13-18)12-15-4-6-17(19)7-5-15/h4-7,11,14,16,20H,8-10,12-13H2,1-3H3/t16?,18-/m1/s1. The van der Waals surface area contributed by atoms with Crippen molar-refractivity contribution in [2.45, 2.75) is 40.2 Å². The minimum absolute atomic E-state index is 0.175. The van der Waals surface area contributed by atoms with Crippen LogP contribution in [0.1, 0.15) is 39.2 Å². The summed E-state index contributed by atoms with van der Waals surface area (Å²) in [6.45, 7) is 9.74. The summed E-state index contributed by atoms with van der Waals surface area (Å²) < 4.78 is 13.0. The third-order valence-corrected chi connectivity index (χ3v) is 4.73. The summed E-state index contributed by atoms with van der Waals surface area (Å²) >= 11 is 0. The SMILES string of the molecule is CC(C)CC(C=N)[C@]1(C)CCN(Cc2ccc(F)cc2)C1. The first kappa shape index (κ1) is 16.2. The first-order valence-electron chi connectivity index (χ1n) is 7.90. The Bertz CT molecular complexity index is 469. The molecule has 2 nitrogen and oxygen atoms in total. The molecule has 1 fully saturated rings. The zero-order chi connectivity index (χ0) is 15.5. The number of hydrogen-bond donors (Lipinski definition) is 1. The van der Waals surface area contributed by atoms with Gasteiger partial charge >= 0.3 is 0 Å². The second-order valence-electron chi connectivity index (χ2n) is 7.14. The van der Waals surface area contributed by atoms with Crippen molar-refractivity contribution in [3.05, 3.63) is 35.6 Å². The maximum absolute atomic E-state index is 13.0. The summed E-state index contributed by atoms with van der Waals surface area (Å²) in [7, 11) is 0. The topological polar surface area (TPSA) is 27.1 Å². The highest BCUT2D eigenvalue weighted by Crippen LogP contribution is 2.40. The van der Waals surface area contributed by atoms with E-state index in [0.29, 0.717) is 11.8 Å². The number of nitrogens with zero attached hydrogens (tertiary/aromatic N) is 1. The van der Waals surface area contributed by atoms with Gasteiger partial charge in [-0.15, -0.1) is 0 Å². The Morgan fingerprint density at radius 1 is 1.33 bits per heavy atom. The molecule has 0 radical (unpaired) electrons. The van der Waals surface area contributed by atoms with Crippen LogP contribution in [0.2, 0.25) is 0 Å². The van der Waals surface area contributed by atoms with Gasteiger partial charge in [0.25, 0.3) is 0 Å². The first-order chi connectivity index (χ1) is 9.93. The number of halogens is 1. The molecule has 0 aliphatic carbocycles. The fourth-order valence-corrected chi connectivity index (χ4v) is 3.43. The summed E-state index contributed by atoms with van der Waals surface area (Å²) in [5.74, 6) is 0.807. The molecule has 21 heavy (non-hydrogen) atoms. The van der Waals surface area contributed by atoms with Gasteiger partial charge in [0.05, 0.1) is 0 Å². The molecule has 0 amide bonds. The van der Waals surface area contributed by atoms with Gasteiger partial charge in [0.1, 0.15) is 5.82 Å². The summed E-state index contributed by atoms with van der Waals surface area (Å²) in [4.78, 5) is 2.43. The van der Waals surface area contributed by atoms with Crippen molar-refractivity contribution in [3.8, 4) is 0 Å². The zero-order valence-electron chi connectivity index (χ0n) is 13.4. The second-order valence-corrected chi connectivity index (χ2v) is 7.14. The van der Waals surface area contributed by atoms with Crippen LogP contribution >= 0.6 is 0 Å². The summed E-state index contributed by atoms with van der Waals surface area (Å²) in [5, 5.41) is 7.77. The molecule has 2 atom stereocenters. The normalized spacial score (nSPS) is 24.4. The fraction of sp³-hybridized carbons (Fsp3) is 0.611. The van der Waals surface area contributed by atoms with Crippen LogP contribution in [0, 0.1) is 28.5 Å². The van der Waals surface area contributed by atoms with E-state index in [1.165, 1.54) is 12.1 Å². The van der Waals surface area contributed by atoms with Crippen molar-refractivity contribution in [2.24, 2.45) is 17.3 Å². The Kier molecular flexibility index (Phi) is 5.15. The van der Waals surface area contributed by atoms with E-state index < -0.39 is 0 Å². The van der Waals surface area contributed by atoms with Crippen LogP contribution in [-0.4, -0.2) is 24.2 Å². The van der Waals surface area contributed by atoms with Gasteiger partial charge in [0.2, 0.25) is 0 Å². The highest BCUT2D eigenvalue weighted by molar-refractivity contribution is 5.58. The maximum atomic E-state index is 13.0. The Morgan fingerprint density at radius 2 is 2.00 bits per heavy atom. The number of nitrogens with one attached hydrogen (secondary N) is 1. The lowest BCUT2D eigenvalue weighted by Crippen LogP contribution is -2.33. The highest BCUT2D eigenvalue weighted by Gasteiger charge is 2.39. The third-order valence-electron chi connectivity index (χ3n) is 4.73. The third kappa shape index (κ3) is 4.13. The van der Waals surface area contributed by atoms with Gasteiger partial charge in [-0.05, 0) is 54.6 Å². The molecule has 116 valence electrons. The monoisotopic (exact) mass is 290 g/mol. The average molecular weight is 290 g/mol. The molecule has 1 saturated heterocycles. The predicted molar refractivity (Wildman–Crippen MR) is 86.1 cm³/mol. The molecule has 3 heteroatoms. The molecule has 2 rings (SSSR count). The molecular weight excluding hydrogens is 263 g/mol. The smallest absolute Gasteiger partial charge is 0.123 e. The largest absolute Gasteiger partial charge is 0.313 e. The van der Waals surface area contributed by atoms with Gasteiger partial charge in [0, 0.05) is 19.0 Å². The van der Waals surface area contributed by atoms with Crippen LogP contribution in [0.5, 0.6) is 0 Å². The van der Waals surface area contributed by atoms with Crippen LogP contribution < -0.4 is 0 Å². The van der Waals surface area contributed by atoms with E-state index in [1.807, 2.05) is 12.1 Å². The van der Waals surface area contributed by atoms with Crippen LogP contribution in [0.4, 0.5) is 4.39 Å². The number of rotatable bonds is 6. The van der Waals surface area contributed by atoms with Crippen LogP contribution in [-0.2, 0) is 6.54 Å². The number of benzene rings is 1. The first-order valence-corrected chi connectivity index (χ1v) is 7.90. The molecule has 1 heterocycles. The predicted octanol–water partition coefficient (Wildman–Crippen LogP) is 4.35. The Labute approximate surface area is 127 Å². The highest BCUT2D eigenvalue weighted by atomic mass is 19.1. The molecule has 0 aromatic heterocycles. The van der Waals surface area contributed by atoms with Crippen molar-refractivity contribution in [1.82, 2.24) is 4.90 Å². The lowest BCUT2D eigenvalue weighted by atomic mass is 9.73. The Morgan fingerprint density at radius 3 is 2.57 bits per heavy atom. The van der Waals surface area contributed by atoms with E-state index in [1.54, 1.807) is 6.21 Å². The van der Waals surface area contributed by atoms with Crippen molar-refractivity contribution in [2.75, 3.05) is 13.1 Å². The van der Waals surface area contributed by atoms with E-state index in [2.05, 4.69) is 25.7 Å². The van der Waals surface area contributed by atoms with Gasteiger partial charge in [0.15, 0.2) is 0 Å².